The molecule has 1 aromatic heterocycles. The van der Waals surface area contributed by atoms with Crippen LogP contribution in [0, 0.1) is 0 Å². The number of rotatable bonds is 4. The van der Waals surface area contributed by atoms with Crippen LogP contribution in [-0.2, 0) is 0 Å². The first-order chi connectivity index (χ1) is 9.54. The average molecular weight is 296 g/mol. The van der Waals surface area contributed by atoms with Crippen LogP contribution < -0.4 is 0 Å². The second-order valence-electron chi connectivity index (χ2n) is 5.61. The Morgan fingerprint density at radius 2 is 2.10 bits per heavy atom. The van der Waals surface area contributed by atoms with Crippen LogP contribution in [0.3, 0.4) is 0 Å². The van der Waals surface area contributed by atoms with E-state index in [4.69, 9.17) is 11.6 Å². The summed E-state index contributed by atoms with van der Waals surface area (Å²) in [4.78, 5) is 23.2. The van der Waals surface area contributed by atoms with E-state index in [-0.39, 0.29) is 11.8 Å². The van der Waals surface area contributed by atoms with E-state index in [2.05, 4.69) is 9.97 Å². The van der Waals surface area contributed by atoms with Crippen LogP contribution in [0.5, 0.6) is 0 Å². The fourth-order valence-electron chi connectivity index (χ4n) is 2.73. The van der Waals surface area contributed by atoms with Crippen molar-refractivity contribution in [2.75, 3.05) is 6.54 Å². The van der Waals surface area contributed by atoms with Crippen molar-refractivity contribution in [3.05, 3.63) is 22.7 Å². The van der Waals surface area contributed by atoms with Crippen LogP contribution in [-0.4, -0.2) is 33.4 Å². The normalized spacial score (nSPS) is 15.8. The summed E-state index contributed by atoms with van der Waals surface area (Å²) in [6.07, 6.45) is 6.10. The number of nitrogens with zero attached hydrogens (tertiary/aromatic N) is 3. The molecule has 0 radical (unpaired) electrons. The van der Waals surface area contributed by atoms with Gasteiger partial charge in [-0.2, -0.15) is 0 Å². The molecule has 110 valence electrons. The lowest BCUT2D eigenvalue weighted by Crippen LogP contribution is -2.39. The molecule has 0 aromatic carbocycles. The van der Waals surface area contributed by atoms with Crippen molar-refractivity contribution in [1.82, 2.24) is 14.9 Å². The highest BCUT2D eigenvalue weighted by molar-refractivity contribution is 6.33. The number of carbonyl (C=O) groups excluding carboxylic acids is 1. The molecule has 0 atom stereocenters. The molecule has 2 rings (SSSR count). The predicted octanol–water partition coefficient (Wildman–Crippen LogP) is 3.66. The van der Waals surface area contributed by atoms with E-state index in [1.54, 1.807) is 6.20 Å². The monoisotopic (exact) mass is 295 g/mol. The van der Waals surface area contributed by atoms with Crippen molar-refractivity contribution >= 4 is 17.5 Å². The Morgan fingerprint density at radius 3 is 2.65 bits per heavy atom. The maximum absolute atomic E-state index is 12.7. The second-order valence-corrected chi connectivity index (χ2v) is 6.02. The van der Waals surface area contributed by atoms with Crippen LogP contribution in [0.4, 0.5) is 0 Å². The van der Waals surface area contributed by atoms with Crippen LogP contribution in [0.1, 0.15) is 68.7 Å². The van der Waals surface area contributed by atoms with Crippen molar-refractivity contribution in [1.29, 1.82) is 0 Å². The van der Waals surface area contributed by atoms with Crippen molar-refractivity contribution < 1.29 is 4.79 Å². The Labute approximate surface area is 125 Å². The fourth-order valence-corrected chi connectivity index (χ4v) is 2.90. The summed E-state index contributed by atoms with van der Waals surface area (Å²) in [6.45, 7) is 6.72. The van der Waals surface area contributed by atoms with Gasteiger partial charge >= 0.3 is 0 Å². The number of hydrogen-bond acceptors (Lipinski definition) is 3. The van der Waals surface area contributed by atoms with Gasteiger partial charge in [0, 0.05) is 18.5 Å². The van der Waals surface area contributed by atoms with E-state index < -0.39 is 0 Å². The summed E-state index contributed by atoms with van der Waals surface area (Å²) in [5, 5.41) is 0.343. The quantitative estimate of drug-likeness (QED) is 0.851. The zero-order chi connectivity index (χ0) is 14.7. The molecule has 0 unspecified atom stereocenters. The topological polar surface area (TPSA) is 46.1 Å². The van der Waals surface area contributed by atoms with Gasteiger partial charge in [0.1, 0.15) is 5.82 Å². The van der Waals surface area contributed by atoms with Crippen LogP contribution in [0.2, 0.25) is 5.02 Å². The lowest BCUT2D eigenvalue weighted by Gasteiger charge is -2.27. The molecule has 5 heteroatoms. The molecule has 1 fully saturated rings. The highest BCUT2D eigenvalue weighted by Gasteiger charge is 2.28. The number of hydrogen-bond donors (Lipinski definition) is 0. The highest BCUT2D eigenvalue weighted by atomic mass is 35.5. The van der Waals surface area contributed by atoms with E-state index in [9.17, 15) is 4.79 Å². The summed E-state index contributed by atoms with van der Waals surface area (Å²) in [5.41, 5.74) is 0.346. The third-order valence-corrected chi connectivity index (χ3v) is 4.13. The minimum Gasteiger partial charge on any atom is -0.335 e. The van der Waals surface area contributed by atoms with Gasteiger partial charge in [-0.3, -0.25) is 4.79 Å². The van der Waals surface area contributed by atoms with Gasteiger partial charge in [0.05, 0.1) is 11.2 Å². The Kier molecular flexibility index (Phi) is 4.97. The molecular formula is C15H22ClN3O. The summed E-state index contributed by atoms with van der Waals surface area (Å²) in [5.74, 6) is 0.786. The van der Waals surface area contributed by atoms with Crippen LogP contribution in [0.15, 0.2) is 6.20 Å². The third-order valence-electron chi connectivity index (χ3n) is 3.85. The van der Waals surface area contributed by atoms with Gasteiger partial charge in [-0.25, -0.2) is 9.97 Å². The first kappa shape index (κ1) is 15.2. The maximum Gasteiger partial charge on any atom is 0.274 e. The Morgan fingerprint density at radius 1 is 1.45 bits per heavy atom. The van der Waals surface area contributed by atoms with Crippen molar-refractivity contribution in [3.63, 3.8) is 0 Å². The number of aromatic nitrogens is 2. The minimum absolute atomic E-state index is 0.0614. The second kappa shape index (κ2) is 6.53. The molecule has 4 nitrogen and oxygen atoms in total. The standard InChI is InChI=1S/C15H22ClN3O/c1-4-19(11-7-5-6-8-11)15(20)13-12(16)9-17-14(18-13)10(2)3/h9-11H,4-8H2,1-3H3. The van der Waals surface area contributed by atoms with E-state index in [0.717, 1.165) is 12.8 Å². The molecule has 1 saturated carbocycles. The molecule has 0 saturated heterocycles. The molecule has 0 N–H and O–H groups in total. The van der Waals surface area contributed by atoms with Crippen LogP contribution in [0.25, 0.3) is 0 Å². The zero-order valence-electron chi connectivity index (χ0n) is 12.4. The van der Waals surface area contributed by atoms with Crippen molar-refractivity contribution in [2.45, 2.75) is 58.4 Å². The molecule has 1 amide bonds. The first-order valence-corrected chi connectivity index (χ1v) is 7.75. The SMILES string of the molecule is CCN(C(=O)c1nc(C(C)C)ncc1Cl)C1CCCC1. The predicted molar refractivity (Wildman–Crippen MR) is 80.1 cm³/mol. The number of amides is 1. The molecule has 0 spiro atoms. The van der Waals surface area contributed by atoms with Gasteiger partial charge < -0.3 is 4.90 Å². The van der Waals surface area contributed by atoms with E-state index in [1.165, 1.54) is 12.8 Å². The van der Waals surface area contributed by atoms with Crippen LogP contribution >= 0.6 is 11.6 Å². The summed E-state index contributed by atoms with van der Waals surface area (Å²) in [7, 11) is 0. The lowest BCUT2D eigenvalue weighted by atomic mass is 10.1. The van der Waals surface area contributed by atoms with Crippen molar-refractivity contribution in [3.8, 4) is 0 Å². The van der Waals surface area contributed by atoms with E-state index in [0.29, 0.717) is 29.1 Å². The van der Waals surface area contributed by atoms with E-state index >= 15 is 0 Å². The van der Waals surface area contributed by atoms with Gasteiger partial charge in [-0.05, 0) is 19.8 Å². The molecule has 1 aromatic rings. The maximum atomic E-state index is 12.7. The summed E-state index contributed by atoms with van der Waals surface area (Å²) in [6, 6.07) is 0.334. The van der Waals surface area contributed by atoms with Gasteiger partial charge in [0.15, 0.2) is 5.69 Å². The molecule has 0 bridgehead atoms. The smallest absolute Gasteiger partial charge is 0.274 e. The highest BCUT2D eigenvalue weighted by Crippen LogP contribution is 2.26. The van der Waals surface area contributed by atoms with E-state index in [1.807, 2.05) is 25.7 Å². The van der Waals surface area contributed by atoms with Gasteiger partial charge in [0.25, 0.3) is 5.91 Å². The summed E-state index contributed by atoms with van der Waals surface area (Å²) >= 11 is 6.13. The molecule has 1 heterocycles. The molecule has 0 aliphatic heterocycles. The van der Waals surface area contributed by atoms with Gasteiger partial charge in [-0.1, -0.05) is 38.3 Å². The number of halogens is 1. The molecular weight excluding hydrogens is 274 g/mol. The average Bonchev–Trinajstić information content (AvgIpc) is 2.93. The molecule has 1 aliphatic carbocycles. The third kappa shape index (κ3) is 3.11. The Balaban J connectivity index is 2.28. The molecule has 1 aliphatic rings. The van der Waals surface area contributed by atoms with Gasteiger partial charge in [-0.15, -0.1) is 0 Å². The molecule has 20 heavy (non-hydrogen) atoms. The zero-order valence-corrected chi connectivity index (χ0v) is 13.2. The Bertz CT molecular complexity index is 484. The number of carbonyl (C=O) groups is 1. The fraction of sp³-hybridized carbons (Fsp3) is 0.667. The van der Waals surface area contributed by atoms with Crippen molar-refractivity contribution in [2.24, 2.45) is 0 Å². The van der Waals surface area contributed by atoms with Gasteiger partial charge in [0.2, 0.25) is 0 Å². The summed E-state index contributed by atoms with van der Waals surface area (Å²) < 4.78 is 0. The first-order valence-electron chi connectivity index (χ1n) is 7.38. The Hall–Kier alpha value is -1.16. The lowest BCUT2D eigenvalue weighted by molar-refractivity contribution is 0.0687. The largest absolute Gasteiger partial charge is 0.335 e. The minimum atomic E-state index is -0.0614.